The Balaban J connectivity index is 1.10. The molecule has 0 aliphatic heterocycles. The Hall–Kier alpha value is -7.56. The summed E-state index contributed by atoms with van der Waals surface area (Å²) < 4.78 is 14.1. The van der Waals surface area contributed by atoms with Gasteiger partial charge in [-0.3, -0.25) is 0 Å². The molecule has 0 radical (unpaired) electrons. The fourth-order valence-electron chi connectivity index (χ4n) is 10.2. The molecule has 278 valence electrons. The molecule has 4 heterocycles. The van der Waals surface area contributed by atoms with Gasteiger partial charge in [-0.05, 0) is 108 Å². The summed E-state index contributed by atoms with van der Waals surface area (Å²) in [7, 11) is 0. The molecule has 0 fully saturated rings. The molecule has 4 heteroatoms. The molecular weight excluding hydrogens is 719 g/mol. The molecule has 1 atom stereocenters. The van der Waals surface area contributed by atoms with Crippen LogP contribution in [0.4, 0.5) is 0 Å². The minimum atomic E-state index is 0.467. The van der Waals surface area contributed by atoms with Crippen LogP contribution in [0, 0.1) is 5.92 Å². The molecule has 0 spiro atoms. The van der Waals surface area contributed by atoms with Crippen molar-refractivity contribution < 1.29 is 4.42 Å². The normalized spacial score (nSPS) is 14.2. The van der Waals surface area contributed by atoms with Gasteiger partial charge in [0.05, 0.1) is 33.0 Å². The standard InChI is InChI=1S/C55H37N3O/c1-34-23-29-50-44(31-34)45-32-35(24-30-51(45)56(50)36-13-3-2-4-14-36)43-33-46-41-17-8-12-22-52(41)59-55(46)53-42-18-7-11-21-49(42)58(54(43)53)38-27-25-37(26-28-38)57-47-19-9-5-15-39(47)40-16-6-10-20-48(40)57/h2-30,32-34H,31H2,1H3. The zero-order chi connectivity index (χ0) is 38.8. The predicted octanol–water partition coefficient (Wildman–Crippen LogP) is 14.6. The second-order valence-corrected chi connectivity index (χ2v) is 16.2. The first kappa shape index (κ1) is 32.5. The fourth-order valence-corrected chi connectivity index (χ4v) is 10.2. The molecule has 1 unspecified atom stereocenters. The van der Waals surface area contributed by atoms with Crippen molar-refractivity contribution in [1.82, 2.24) is 13.7 Å². The summed E-state index contributed by atoms with van der Waals surface area (Å²) in [6.45, 7) is 2.32. The lowest BCUT2D eigenvalue weighted by Crippen LogP contribution is -2.05. The van der Waals surface area contributed by atoms with Crippen LogP contribution in [-0.4, -0.2) is 13.7 Å². The van der Waals surface area contributed by atoms with Crippen molar-refractivity contribution in [2.75, 3.05) is 0 Å². The van der Waals surface area contributed by atoms with Crippen LogP contribution in [0.3, 0.4) is 0 Å². The van der Waals surface area contributed by atoms with Gasteiger partial charge in [-0.1, -0.05) is 110 Å². The van der Waals surface area contributed by atoms with Gasteiger partial charge in [0.25, 0.3) is 0 Å². The van der Waals surface area contributed by atoms with Crippen molar-refractivity contribution >= 4 is 82.5 Å². The first-order chi connectivity index (χ1) is 29.2. The van der Waals surface area contributed by atoms with E-state index in [1.54, 1.807) is 0 Å². The predicted molar refractivity (Wildman–Crippen MR) is 247 cm³/mol. The van der Waals surface area contributed by atoms with Gasteiger partial charge >= 0.3 is 0 Å². The summed E-state index contributed by atoms with van der Waals surface area (Å²) >= 11 is 0. The van der Waals surface area contributed by atoms with E-state index >= 15 is 0 Å². The van der Waals surface area contributed by atoms with E-state index in [1.807, 2.05) is 0 Å². The minimum Gasteiger partial charge on any atom is -0.455 e. The molecule has 1 aliphatic carbocycles. The first-order valence-electron chi connectivity index (χ1n) is 20.6. The lowest BCUT2D eigenvalue weighted by molar-refractivity contribution is 0.673. The van der Waals surface area contributed by atoms with Gasteiger partial charge in [-0.25, -0.2) is 0 Å². The lowest BCUT2D eigenvalue weighted by Gasteiger charge is -2.15. The van der Waals surface area contributed by atoms with Crippen LogP contribution in [0.2, 0.25) is 0 Å². The summed E-state index contributed by atoms with van der Waals surface area (Å²) in [5, 5.41) is 8.40. The van der Waals surface area contributed by atoms with Gasteiger partial charge in [0.1, 0.15) is 11.2 Å². The summed E-state index contributed by atoms with van der Waals surface area (Å²) in [5.74, 6) is 0.467. The highest BCUT2D eigenvalue weighted by atomic mass is 16.3. The zero-order valence-electron chi connectivity index (χ0n) is 32.4. The second kappa shape index (κ2) is 12.2. The fraction of sp³-hybridized carbons (Fsp3) is 0.0545. The highest BCUT2D eigenvalue weighted by Crippen LogP contribution is 2.47. The lowest BCUT2D eigenvalue weighted by atomic mass is 9.91. The molecule has 0 amide bonds. The van der Waals surface area contributed by atoms with Gasteiger partial charge in [-0.15, -0.1) is 0 Å². The number of nitrogens with zero attached hydrogens (tertiary/aromatic N) is 3. The number of furan rings is 1. The van der Waals surface area contributed by atoms with E-state index in [2.05, 4.69) is 209 Å². The third-order valence-electron chi connectivity index (χ3n) is 12.8. The van der Waals surface area contributed by atoms with Gasteiger partial charge in [-0.2, -0.15) is 0 Å². The summed E-state index contributed by atoms with van der Waals surface area (Å²) in [6.07, 6.45) is 5.69. The van der Waals surface area contributed by atoms with Gasteiger partial charge in [0.15, 0.2) is 0 Å². The smallest absolute Gasteiger partial charge is 0.145 e. The van der Waals surface area contributed by atoms with E-state index in [0.29, 0.717) is 5.92 Å². The Labute approximate surface area is 340 Å². The average Bonchev–Trinajstić information content (AvgIpc) is 4.03. The van der Waals surface area contributed by atoms with E-state index in [-0.39, 0.29) is 0 Å². The SMILES string of the molecule is CC1C=Cc2c(c3cc(-c4cc5c6ccccc6oc5c5c6ccccc6n(-c6ccc(-n7c8ccccc8c8ccccc87)cc6)c45)ccc3n2-c2ccccc2)C1. The first-order valence-corrected chi connectivity index (χ1v) is 20.6. The molecule has 59 heavy (non-hydrogen) atoms. The maximum atomic E-state index is 6.84. The number of hydrogen-bond donors (Lipinski definition) is 0. The largest absolute Gasteiger partial charge is 0.455 e. The molecule has 0 N–H and O–H groups in total. The van der Waals surface area contributed by atoms with Crippen molar-refractivity contribution in [2.24, 2.45) is 5.92 Å². The number of rotatable bonds is 4. The van der Waals surface area contributed by atoms with Gasteiger partial charge in [0, 0.05) is 60.6 Å². The van der Waals surface area contributed by atoms with Gasteiger partial charge < -0.3 is 18.1 Å². The summed E-state index contributed by atoms with van der Waals surface area (Å²) in [4.78, 5) is 0. The Morgan fingerprint density at radius 1 is 0.475 bits per heavy atom. The third kappa shape index (κ3) is 4.60. The van der Waals surface area contributed by atoms with Crippen molar-refractivity contribution in [3.8, 4) is 28.2 Å². The van der Waals surface area contributed by atoms with Crippen LogP contribution in [0.15, 0.2) is 186 Å². The van der Waals surface area contributed by atoms with Crippen LogP contribution < -0.4 is 0 Å². The van der Waals surface area contributed by atoms with E-state index in [0.717, 1.165) is 56.2 Å². The van der Waals surface area contributed by atoms with E-state index in [4.69, 9.17) is 4.42 Å². The Morgan fingerprint density at radius 2 is 1.05 bits per heavy atom. The maximum absolute atomic E-state index is 6.84. The number of allylic oxidation sites excluding steroid dienone is 1. The Bertz CT molecular complexity index is 3650. The van der Waals surface area contributed by atoms with Crippen LogP contribution in [-0.2, 0) is 6.42 Å². The molecule has 12 aromatic rings. The molecule has 0 saturated carbocycles. The highest BCUT2D eigenvalue weighted by molar-refractivity contribution is 6.27. The van der Waals surface area contributed by atoms with Crippen LogP contribution in [0.5, 0.6) is 0 Å². The molecule has 8 aromatic carbocycles. The topological polar surface area (TPSA) is 27.9 Å². The number of benzene rings is 8. The highest BCUT2D eigenvalue weighted by Gasteiger charge is 2.26. The van der Waals surface area contributed by atoms with Crippen LogP contribution >= 0.6 is 0 Å². The zero-order valence-corrected chi connectivity index (χ0v) is 32.4. The molecule has 0 saturated heterocycles. The number of aromatic nitrogens is 3. The van der Waals surface area contributed by atoms with Crippen molar-refractivity contribution in [2.45, 2.75) is 13.3 Å². The van der Waals surface area contributed by atoms with E-state index in [9.17, 15) is 0 Å². The number of para-hydroxylation sites is 5. The Morgan fingerprint density at radius 3 is 1.78 bits per heavy atom. The molecule has 13 rings (SSSR count). The quantitative estimate of drug-likeness (QED) is 0.176. The molecular formula is C55H37N3O. The maximum Gasteiger partial charge on any atom is 0.145 e. The second-order valence-electron chi connectivity index (χ2n) is 16.2. The summed E-state index contributed by atoms with van der Waals surface area (Å²) in [6, 6.07) is 64.1. The molecule has 1 aliphatic rings. The molecule has 0 bridgehead atoms. The van der Waals surface area contributed by atoms with Crippen molar-refractivity contribution in [3.63, 3.8) is 0 Å². The van der Waals surface area contributed by atoms with Crippen LogP contribution in [0.25, 0.3) is 111 Å². The van der Waals surface area contributed by atoms with Crippen LogP contribution in [0.1, 0.15) is 18.2 Å². The van der Waals surface area contributed by atoms with Crippen molar-refractivity contribution in [3.05, 3.63) is 193 Å². The minimum absolute atomic E-state index is 0.467. The molecule has 4 nitrogen and oxygen atoms in total. The summed E-state index contributed by atoms with van der Waals surface area (Å²) in [5.41, 5.74) is 16.2. The molecule has 4 aromatic heterocycles. The van der Waals surface area contributed by atoms with E-state index < -0.39 is 0 Å². The van der Waals surface area contributed by atoms with Gasteiger partial charge in [0.2, 0.25) is 0 Å². The van der Waals surface area contributed by atoms with E-state index in [1.165, 1.54) is 66.2 Å². The number of fused-ring (bicyclic) bond motifs is 13. The monoisotopic (exact) mass is 755 g/mol. The van der Waals surface area contributed by atoms with Crippen molar-refractivity contribution in [1.29, 1.82) is 0 Å². The number of hydrogen-bond acceptors (Lipinski definition) is 1. The Kier molecular flexibility index (Phi) is 6.74. The third-order valence-corrected chi connectivity index (χ3v) is 12.8. The average molecular weight is 756 g/mol.